The highest BCUT2D eigenvalue weighted by Gasteiger charge is 2.45. The molecule has 0 radical (unpaired) electrons. The molecule has 21 heavy (non-hydrogen) atoms. The highest BCUT2D eigenvalue weighted by molar-refractivity contribution is 7.89. The van der Waals surface area contributed by atoms with E-state index in [1.807, 2.05) is 33.8 Å². The van der Waals surface area contributed by atoms with Crippen LogP contribution in [0, 0.1) is 44.9 Å². The Labute approximate surface area is 127 Å². The normalized spacial score (nSPS) is 18.1. The average Bonchev–Trinajstić information content (AvgIpc) is 3.20. The van der Waals surface area contributed by atoms with Crippen LogP contribution < -0.4 is 4.72 Å². The average molecular weight is 306 g/mol. The minimum atomic E-state index is -3.71. The fraction of sp³-hybridized carbons (Fsp3) is 0.562. The monoisotopic (exact) mass is 306 g/mol. The van der Waals surface area contributed by atoms with E-state index in [1.165, 1.54) is 0 Å². The highest BCUT2D eigenvalue weighted by Crippen LogP contribution is 2.40. The largest absolute Gasteiger partial charge is 0.242 e. The van der Waals surface area contributed by atoms with Gasteiger partial charge in [-0.25, -0.2) is 8.42 Å². The Kier molecular flexibility index (Phi) is 3.90. The van der Waals surface area contributed by atoms with Gasteiger partial charge in [0.15, 0.2) is 0 Å². The summed E-state index contributed by atoms with van der Waals surface area (Å²) >= 11 is 0. The van der Waals surface area contributed by atoms with Gasteiger partial charge in [-0.15, -0.1) is 0 Å². The molecule has 1 atom stereocenters. The zero-order valence-electron chi connectivity index (χ0n) is 13.2. The van der Waals surface area contributed by atoms with Gasteiger partial charge < -0.3 is 0 Å². The van der Waals surface area contributed by atoms with Crippen LogP contribution in [0.3, 0.4) is 0 Å². The molecule has 0 aliphatic heterocycles. The summed E-state index contributed by atoms with van der Waals surface area (Å²) in [7, 11) is -3.71. The van der Waals surface area contributed by atoms with Crippen molar-refractivity contribution in [1.82, 2.24) is 4.72 Å². The van der Waals surface area contributed by atoms with Gasteiger partial charge in [0.25, 0.3) is 0 Å². The molecule has 2 rings (SSSR count). The van der Waals surface area contributed by atoms with Crippen LogP contribution >= 0.6 is 0 Å². The van der Waals surface area contributed by atoms with Gasteiger partial charge in [-0.3, -0.25) is 0 Å². The molecule has 1 fully saturated rings. The predicted octanol–water partition coefficient (Wildman–Crippen LogP) is 2.89. The molecule has 1 N–H and O–H groups in total. The van der Waals surface area contributed by atoms with Crippen LogP contribution in [0.5, 0.6) is 0 Å². The van der Waals surface area contributed by atoms with Crippen molar-refractivity contribution in [3.63, 3.8) is 0 Å². The van der Waals surface area contributed by atoms with Gasteiger partial charge in [0.05, 0.1) is 11.0 Å². The second-order valence-corrected chi connectivity index (χ2v) is 7.90. The fourth-order valence-corrected chi connectivity index (χ4v) is 4.77. The van der Waals surface area contributed by atoms with Gasteiger partial charge in [0, 0.05) is 0 Å². The van der Waals surface area contributed by atoms with Gasteiger partial charge in [0.2, 0.25) is 10.0 Å². The lowest BCUT2D eigenvalue weighted by Crippen LogP contribution is -2.46. The van der Waals surface area contributed by atoms with Crippen LogP contribution in [0.2, 0.25) is 0 Å². The standard InChI is InChI=1S/C16H22N2O2S/c1-10-8-11(2)13(4)15(12(10)3)21(19,20)18-16(5,9-17)14-6-7-14/h8,14,18H,6-7H2,1-5H3/t16-/m0/s1. The molecule has 0 bridgehead atoms. The zero-order valence-corrected chi connectivity index (χ0v) is 14.1. The van der Waals surface area contributed by atoms with E-state index in [1.54, 1.807) is 6.92 Å². The molecule has 0 unspecified atom stereocenters. The Morgan fingerprint density at radius 2 is 1.67 bits per heavy atom. The van der Waals surface area contributed by atoms with Crippen LogP contribution in [0.4, 0.5) is 0 Å². The quantitative estimate of drug-likeness (QED) is 0.930. The summed E-state index contributed by atoms with van der Waals surface area (Å²) in [5.74, 6) is 0.115. The maximum Gasteiger partial charge on any atom is 0.242 e. The molecule has 1 aliphatic rings. The Balaban J connectivity index is 2.53. The van der Waals surface area contributed by atoms with Crippen LogP contribution in [-0.2, 0) is 10.0 Å². The Hall–Kier alpha value is -1.38. The van der Waals surface area contributed by atoms with Gasteiger partial charge >= 0.3 is 0 Å². The van der Waals surface area contributed by atoms with Crippen LogP contribution in [0.15, 0.2) is 11.0 Å². The molecule has 1 saturated carbocycles. The first-order valence-corrected chi connectivity index (χ1v) is 8.63. The van der Waals surface area contributed by atoms with Crippen molar-refractivity contribution < 1.29 is 8.42 Å². The van der Waals surface area contributed by atoms with E-state index in [2.05, 4.69) is 10.8 Å². The second kappa shape index (κ2) is 5.11. The van der Waals surface area contributed by atoms with E-state index < -0.39 is 15.6 Å². The molecular weight excluding hydrogens is 284 g/mol. The third kappa shape index (κ3) is 2.83. The summed E-state index contributed by atoms with van der Waals surface area (Å²) in [5.41, 5.74) is 2.38. The van der Waals surface area contributed by atoms with Crippen molar-refractivity contribution in [2.75, 3.05) is 0 Å². The van der Waals surface area contributed by atoms with Gasteiger partial charge in [-0.2, -0.15) is 9.98 Å². The number of nitrogens with one attached hydrogen (secondary N) is 1. The lowest BCUT2D eigenvalue weighted by atomic mass is 10.0. The van der Waals surface area contributed by atoms with E-state index in [9.17, 15) is 13.7 Å². The third-order valence-corrected chi connectivity index (χ3v) is 6.38. The summed E-state index contributed by atoms with van der Waals surface area (Å²) in [5, 5.41) is 9.38. The van der Waals surface area contributed by atoms with E-state index in [-0.39, 0.29) is 5.92 Å². The first-order valence-electron chi connectivity index (χ1n) is 7.15. The zero-order chi connectivity index (χ0) is 16.0. The molecule has 0 aromatic heterocycles. The van der Waals surface area contributed by atoms with Crippen molar-refractivity contribution in [2.45, 2.75) is 57.9 Å². The van der Waals surface area contributed by atoms with E-state index in [0.717, 1.165) is 35.1 Å². The number of hydrogen-bond acceptors (Lipinski definition) is 3. The van der Waals surface area contributed by atoms with Crippen LogP contribution in [0.1, 0.15) is 42.0 Å². The third-order valence-electron chi connectivity index (χ3n) is 4.54. The SMILES string of the molecule is Cc1cc(C)c(C)c(S(=O)(=O)N[C@@](C)(C#N)C2CC2)c1C. The first kappa shape index (κ1) is 16.0. The molecule has 0 spiro atoms. The molecule has 1 aromatic carbocycles. The van der Waals surface area contributed by atoms with Crippen molar-refractivity contribution >= 4 is 10.0 Å². The van der Waals surface area contributed by atoms with E-state index in [0.29, 0.717) is 4.90 Å². The molecule has 0 amide bonds. The van der Waals surface area contributed by atoms with Crippen molar-refractivity contribution in [3.05, 3.63) is 28.3 Å². The Morgan fingerprint density at radius 3 is 2.05 bits per heavy atom. The molecule has 4 nitrogen and oxygen atoms in total. The van der Waals surface area contributed by atoms with Gasteiger partial charge in [-0.05, 0) is 75.6 Å². The molecule has 0 heterocycles. The van der Waals surface area contributed by atoms with Gasteiger partial charge in [-0.1, -0.05) is 6.07 Å². The van der Waals surface area contributed by atoms with E-state index in [4.69, 9.17) is 0 Å². The minimum absolute atomic E-state index is 0.115. The van der Waals surface area contributed by atoms with Crippen LogP contribution in [-0.4, -0.2) is 14.0 Å². The minimum Gasteiger partial charge on any atom is -0.207 e. The van der Waals surface area contributed by atoms with Gasteiger partial charge in [0.1, 0.15) is 5.54 Å². The second-order valence-electron chi connectivity index (χ2n) is 6.28. The Morgan fingerprint density at radius 1 is 1.19 bits per heavy atom. The smallest absolute Gasteiger partial charge is 0.207 e. The lowest BCUT2D eigenvalue weighted by molar-refractivity contribution is 0.458. The molecular formula is C16H22N2O2S. The van der Waals surface area contributed by atoms with Crippen LogP contribution in [0.25, 0.3) is 0 Å². The first-order chi connectivity index (χ1) is 9.62. The Bertz CT molecular complexity index is 701. The molecule has 1 aliphatic carbocycles. The summed E-state index contributed by atoms with van der Waals surface area (Å²) < 4.78 is 28.3. The number of sulfonamides is 1. The lowest BCUT2D eigenvalue weighted by Gasteiger charge is -2.25. The topological polar surface area (TPSA) is 70.0 Å². The number of rotatable bonds is 4. The predicted molar refractivity (Wildman–Crippen MR) is 82.5 cm³/mol. The summed E-state index contributed by atoms with van der Waals surface area (Å²) in [6.07, 6.45) is 1.80. The number of benzene rings is 1. The number of aryl methyl sites for hydroxylation is 2. The molecule has 114 valence electrons. The molecule has 0 saturated heterocycles. The molecule has 1 aromatic rings. The van der Waals surface area contributed by atoms with E-state index >= 15 is 0 Å². The maximum atomic E-state index is 12.8. The summed E-state index contributed by atoms with van der Waals surface area (Å²) in [4.78, 5) is 0.321. The number of hydrogen-bond donors (Lipinski definition) is 1. The number of nitriles is 1. The fourth-order valence-electron chi connectivity index (χ4n) is 2.77. The van der Waals surface area contributed by atoms with Crippen molar-refractivity contribution in [1.29, 1.82) is 5.26 Å². The summed E-state index contributed by atoms with van der Waals surface area (Å²) in [6, 6.07) is 4.14. The highest BCUT2D eigenvalue weighted by atomic mass is 32.2. The number of nitrogens with zero attached hydrogens (tertiary/aromatic N) is 1. The van der Waals surface area contributed by atoms with Crippen molar-refractivity contribution in [2.24, 2.45) is 5.92 Å². The maximum absolute atomic E-state index is 12.8. The summed E-state index contributed by atoms with van der Waals surface area (Å²) in [6.45, 7) is 9.13. The molecule has 5 heteroatoms. The van der Waals surface area contributed by atoms with Crippen molar-refractivity contribution in [3.8, 4) is 6.07 Å².